The average Bonchev–Trinajstić information content (AvgIpc) is 3.29. The molecule has 1 aromatic carbocycles. The Balaban J connectivity index is 1.60. The minimum atomic E-state index is -0.0819. The van der Waals surface area contributed by atoms with Gasteiger partial charge in [-0.2, -0.15) is 0 Å². The molecule has 2 aromatic heterocycles. The van der Waals surface area contributed by atoms with Gasteiger partial charge in [0.25, 0.3) is 0 Å². The molecule has 1 aliphatic heterocycles. The number of benzene rings is 1. The van der Waals surface area contributed by atoms with E-state index in [1.807, 2.05) is 50.4 Å². The number of pyridine rings is 1. The first-order chi connectivity index (χ1) is 16.3. The summed E-state index contributed by atoms with van der Waals surface area (Å²) in [6.07, 6.45) is 2.15. The van der Waals surface area contributed by atoms with Crippen molar-refractivity contribution in [2.24, 2.45) is 0 Å². The Morgan fingerprint density at radius 3 is 2.62 bits per heavy atom. The number of nitrogens with one attached hydrogen (secondary N) is 2. The van der Waals surface area contributed by atoms with Crippen LogP contribution in [0.15, 0.2) is 48.7 Å². The van der Waals surface area contributed by atoms with Crippen LogP contribution in [0, 0.1) is 27.7 Å². The number of aryl methyl sites for hydroxylation is 3. The van der Waals surface area contributed by atoms with E-state index in [1.165, 1.54) is 17.0 Å². The summed E-state index contributed by atoms with van der Waals surface area (Å²) in [7, 11) is 0. The third-order valence-electron chi connectivity index (χ3n) is 6.69. The van der Waals surface area contributed by atoms with Gasteiger partial charge in [-0.05, 0) is 87.8 Å². The molecule has 0 saturated carbocycles. The van der Waals surface area contributed by atoms with Crippen LogP contribution in [0.3, 0.4) is 0 Å². The van der Waals surface area contributed by atoms with E-state index in [-0.39, 0.29) is 18.0 Å². The maximum absolute atomic E-state index is 12.9. The molecule has 0 spiro atoms. The zero-order valence-corrected chi connectivity index (χ0v) is 21.4. The molecule has 0 radical (unpaired) electrons. The average molecular weight is 476 g/mol. The van der Waals surface area contributed by atoms with Crippen LogP contribution in [0.4, 0.5) is 5.69 Å². The highest BCUT2D eigenvalue weighted by atomic mass is 32.1. The van der Waals surface area contributed by atoms with Crippen molar-refractivity contribution < 1.29 is 4.79 Å². The summed E-state index contributed by atoms with van der Waals surface area (Å²) < 4.78 is 2.32. The Kier molecular flexibility index (Phi) is 7.03. The molecule has 1 fully saturated rings. The molecular weight excluding hydrogens is 442 g/mol. The molecule has 2 atom stereocenters. The Hall–Kier alpha value is -3.19. The van der Waals surface area contributed by atoms with Gasteiger partial charge >= 0.3 is 0 Å². The van der Waals surface area contributed by atoms with E-state index in [0.29, 0.717) is 18.1 Å². The minimum Gasteiger partial charge on any atom is -0.352 e. The molecule has 178 valence electrons. The summed E-state index contributed by atoms with van der Waals surface area (Å²) in [6.45, 7) is 11.9. The molecule has 0 bridgehead atoms. The highest BCUT2D eigenvalue weighted by molar-refractivity contribution is 7.80. The van der Waals surface area contributed by atoms with E-state index >= 15 is 0 Å². The first-order valence-corrected chi connectivity index (χ1v) is 12.2. The number of aromatic nitrogens is 2. The van der Waals surface area contributed by atoms with Crippen LogP contribution in [-0.4, -0.2) is 32.0 Å². The quantitative estimate of drug-likeness (QED) is 0.464. The molecule has 3 heterocycles. The zero-order valence-electron chi connectivity index (χ0n) is 20.6. The van der Waals surface area contributed by atoms with Crippen LogP contribution < -0.4 is 10.6 Å². The fourth-order valence-corrected chi connectivity index (χ4v) is 5.24. The molecule has 1 saturated heterocycles. The largest absolute Gasteiger partial charge is 0.352 e. The highest BCUT2D eigenvalue weighted by Crippen LogP contribution is 2.40. The van der Waals surface area contributed by atoms with E-state index in [2.05, 4.69) is 58.0 Å². The number of rotatable bonds is 7. The third-order valence-corrected chi connectivity index (χ3v) is 7.04. The first kappa shape index (κ1) is 24.0. The van der Waals surface area contributed by atoms with Gasteiger partial charge in [0, 0.05) is 42.8 Å². The Bertz CT molecular complexity index is 1200. The molecule has 7 heteroatoms. The van der Waals surface area contributed by atoms with Crippen LogP contribution >= 0.6 is 12.2 Å². The lowest BCUT2D eigenvalue weighted by Gasteiger charge is -2.28. The van der Waals surface area contributed by atoms with Gasteiger partial charge in [0.15, 0.2) is 5.11 Å². The number of anilines is 1. The van der Waals surface area contributed by atoms with E-state index in [9.17, 15) is 4.79 Å². The lowest BCUT2D eigenvalue weighted by atomic mass is 9.96. The van der Waals surface area contributed by atoms with Crippen molar-refractivity contribution in [3.05, 3.63) is 82.4 Å². The maximum atomic E-state index is 12.9. The Labute approximate surface area is 207 Å². The van der Waals surface area contributed by atoms with Crippen LogP contribution in [-0.2, 0) is 11.3 Å². The SMILES string of the molecule is CCn1c(C)cc([C@@H]2[C@H](c3ccccn3)NC(=S)N2CCC(=O)Nc2cc(C)ccc2C)c1C. The van der Waals surface area contributed by atoms with Gasteiger partial charge in [-0.3, -0.25) is 9.78 Å². The second-order valence-corrected chi connectivity index (χ2v) is 9.39. The Morgan fingerprint density at radius 2 is 1.94 bits per heavy atom. The van der Waals surface area contributed by atoms with Crippen LogP contribution in [0.25, 0.3) is 0 Å². The van der Waals surface area contributed by atoms with Gasteiger partial charge in [-0.1, -0.05) is 18.2 Å². The number of carbonyl (C=O) groups excluding carboxylic acids is 1. The van der Waals surface area contributed by atoms with Gasteiger partial charge in [0.05, 0.1) is 17.8 Å². The second-order valence-electron chi connectivity index (χ2n) is 9.01. The third kappa shape index (κ3) is 4.71. The fourth-order valence-electron chi connectivity index (χ4n) is 4.90. The number of hydrogen-bond acceptors (Lipinski definition) is 3. The first-order valence-electron chi connectivity index (χ1n) is 11.8. The predicted octanol–water partition coefficient (Wildman–Crippen LogP) is 5.14. The van der Waals surface area contributed by atoms with E-state index in [4.69, 9.17) is 12.2 Å². The summed E-state index contributed by atoms with van der Waals surface area (Å²) in [5.41, 5.74) is 7.65. The summed E-state index contributed by atoms with van der Waals surface area (Å²) in [5.74, 6) is -0.0180. The topological polar surface area (TPSA) is 62.2 Å². The Morgan fingerprint density at radius 1 is 1.15 bits per heavy atom. The molecule has 2 N–H and O–H groups in total. The smallest absolute Gasteiger partial charge is 0.226 e. The molecular formula is C27H33N5OS. The maximum Gasteiger partial charge on any atom is 0.226 e. The normalized spacial score (nSPS) is 17.7. The number of nitrogens with zero attached hydrogens (tertiary/aromatic N) is 3. The van der Waals surface area contributed by atoms with Crippen molar-refractivity contribution in [1.29, 1.82) is 0 Å². The van der Waals surface area contributed by atoms with Crippen molar-refractivity contribution in [3.63, 3.8) is 0 Å². The predicted molar refractivity (Wildman–Crippen MR) is 141 cm³/mol. The molecule has 4 rings (SSSR count). The lowest BCUT2D eigenvalue weighted by Crippen LogP contribution is -2.33. The molecule has 1 aliphatic rings. The molecule has 0 unspecified atom stereocenters. The van der Waals surface area contributed by atoms with Crippen molar-refractivity contribution in [3.8, 4) is 0 Å². The molecule has 0 aliphatic carbocycles. The van der Waals surface area contributed by atoms with Gasteiger partial charge in [-0.15, -0.1) is 0 Å². The number of carbonyl (C=O) groups is 1. The summed E-state index contributed by atoms with van der Waals surface area (Å²) in [5, 5.41) is 7.22. The van der Waals surface area contributed by atoms with Crippen LogP contribution in [0.5, 0.6) is 0 Å². The molecule has 34 heavy (non-hydrogen) atoms. The second kappa shape index (κ2) is 9.97. The monoisotopic (exact) mass is 475 g/mol. The van der Waals surface area contributed by atoms with Gasteiger partial charge in [0.2, 0.25) is 5.91 Å². The molecule has 6 nitrogen and oxygen atoms in total. The van der Waals surface area contributed by atoms with E-state index in [1.54, 1.807) is 0 Å². The lowest BCUT2D eigenvalue weighted by molar-refractivity contribution is -0.116. The number of thiocarbonyl (C=S) groups is 1. The number of hydrogen-bond donors (Lipinski definition) is 2. The minimum absolute atomic E-state index is 0.0180. The van der Waals surface area contributed by atoms with Crippen LogP contribution in [0.1, 0.15) is 59.2 Å². The van der Waals surface area contributed by atoms with Crippen molar-refractivity contribution in [1.82, 2.24) is 19.8 Å². The van der Waals surface area contributed by atoms with Crippen molar-refractivity contribution in [2.75, 3.05) is 11.9 Å². The van der Waals surface area contributed by atoms with Crippen molar-refractivity contribution in [2.45, 2.75) is 59.7 Å². The fraction of sp³-hybridized carbons (Fsp3) is 0.370. The van der Waals surface area contributed by atoms with Crippen LogP contribution in [0.2, 0.25) is 0 Å². The van der Waals surface area contributed by atoms with E-state index < -0.39 is 0 Å². The van der Waals surface area contributed by atoms with Crippen molar-refractivity contribution >= 4 is 28.9 Å². The molecule has 1 amide bonds. The summed E-state index contributed by atoms with van der Waals surface area (Å²) in [4.78, 5) is 19.7. The number of amides is 1. The molecule has 3 aromatic rings. The summed E-state index contributed by atoms with van der Waals surface area (Å²) in [6, 6.07) is 14.2. The van der Waals surface area contributed by atoms with Gasteiger partial charge in [-0.25, -0.2) is 0 Å². The van der Waals surface area contributed by atoms with Gasteiger partial charge < -0.3 is 20.1 Å². The van der Waals surface area contributed by atoms with Gasteiger partial charge in [0.1, 0.15) is 0 Å². The zero-order chi connectivity index (χ0) is 24.4. The summed E-state index contributed by atoms with van der Waals surface area (Å²) >= 11 is 5.77. The standard InChI is InChI=1S/C27H33N5OS/c1-6-31-19(4)16-21(20(31)5)26-25(22-9-7-8-13-28-22)30-27(34)32(26)14-12-24(33)29-23-15-17(2)10-11-18(23)3/h7-11,13,15-16,25-26H,6,12,14H2,1-5H3,(H,29,33)(H,30,34)/t25-,26+/m0/s1. The highest BCUT2D eigenvalue weighted by Gasteiger charge is 2.41. The van der Waals surface area contributed by atoms with E-state index in [0.717, 1.165) is 29.1 Å².